The maximum atomic E-state index is 13.7. The summed E-state index contributed by atoms with van der Waals surface area (Å²) in [5.74, 6) is 0.600. The first-order chi connectivity index (χ1) is 16.7. The first-order valence-electron chi connectivity index (χ1n) is 12.9. The Morgan fingerprint density at radius 1 is 1.00 bits per heavy atom. The van der Waals surface area contributed by atoms with E-state index in [1.807, 2.05) is 25.7 Å². The summed E-state index contributed by atoms with van der Waals surface area (Å²) >= 11 is 0. The van der Waals surface area contributed by atoms with Gasteiger partial charge in [-0.05, 0) is 64.3 Å². The molecule has 3 aliphatic rings. The van der Waals surface area contributed by atoms with Gasteiger partial charge in [0, 0.05) is 38.6 Å². The summed E-state index contributed by atoms with van der Waals surface area (Å²) < 4.78 is 11.8. The third-order valence-electron chi connectivity index (χ3n) is 7.15. The molecular formula is C27H38N4O4. The lowest BCUT2D eigenvalue weighted by atomic mass is 10.1. The number of hydrogen-bond donors (Lipinski definition) is 0. The zero-order chi connectivity index (χ0) is 25.0. The average molecular weight is 483 g/mol. The van der Waals surface area contributed by atoms with Crippen LogP contribution >= 0.6 is 0 Å². The van der Waals surface area contributed by atoms with Crippen LogP contribution < -0.4 is 4.74 Å². The average Bonchev–Trinajstić information content (AvgIpc) is 3.43. The molecular weight excluding hydrogens is 444 g/mol. The van der Waals surface area contributed by atoms with Crippen LogP contribution in [0.2, 0.25) is 0 Å². The van der Waals surface area contributed by atoms with Crippen LogP contribution in [0.25, 0.3) is 0 Å². The Balaban J connectivity index is 1.45. The molecule has 1 saturated carbocycles. The standard InChI is InChI=1S/C27H38N4O4/c1-27(2,3)35-26(33)31-19-23(34-22-11-9-20(18-28)10-12-22)17-24(31)25(32)30-14-6-13-29(15-16-30)21-7-4-5-8-21/h9-12,21,23-24H,4-8,13-17,19H2,1-3H3. The molecule has 2 unspecified atom stereocenters. The minimum atomic E-state index is -0.652. The van der Waals surface area contributed by atoms with Gasteiger partial charge in [0.1, 0.15) is 23.5 Å². The molecule has 0 bridgehead atoms. The molecule has 35 heavy (non-hydrogen) atoms. The Hall–Kier alpha value is -2.79. The molecule has 0 spiro atoms. The van der Waals surface area contributed by atoms with Crippen LogP contribution in [-0.4, -0.2) is 83.2 Å². The predicted octanol–water partition coefficient (Wildman–Crippen LogP) is 3.79. The minimum Gasteiger partial charge on any atom is -0.488 e. The highest BCUT2D eigenvalue weighted by atomic mass is 16.6. The number of ether oxygens (including phenoxy) is 2. The van der Waals surface area contributed by atoms with Gasteiger partial charge in [0.15, 0.2) is 0 Å². The lowest BCUT2D eigenvalue weighted by Gasteiger charge is -2.31. The van der Waals surface area contributed by atoms with E-state index in [2.05, 4.69) is 11.0 Å². The van der Waals surface area contributed by atoms with Gasteiger partial charge in [-0.15, -0.1) is 0 Å². The largest absolute Gasteiger partial charge is 0.488 e. The zero-order valence-corrected chi connectivity index (χ0v) is 21.2. The van der Waals surface area contributed by atoms with Crippen molar-refractivity contribution in [3.63, 3.8) is 0 Å². The van der Waals surface area contributed by atoms with E-state index >= 15 is 0 Å². The molecule has 8 nitrogen and oxygen atoms in total. The Labute approximate surface area is 208 Å². The topological polar surface area (TPSA) is 86.1 Å². The van der Waals surface area contributed by atoms with E-state index in [4.69, 9.17) is 14.7 Å². The van der Waals surface area contributed by atoms with Crippen molar-refractivity contribution in [1.29, 1.82) is 5.26 Å². The van der Waals surface area contributed by atoms with Crippen molar-refractivity contribution in [2.24, 2.45) is 0 Å². The van der Waals surface area contributed by atoms with Gasteiger partial charge in [-0.1, -0.05) is 12.8 Å². The first kappa shape index (κ1) is 25.3. The van der Waals surface area contributed by atoms with Crippen molar-refractivity contribution in [1.82, 2.24) is 14.7 Å². The van der Waals surface area contributed by atoms with Gasteiger partial charge in [-0.2, -0.15) is 5.26 Å². The molecule has 2 saturated heterocycles. The molecule has 190 valence electrons. The van der Waals surface area contributed by atoms with Gasteiger partial charge in [0.25, 0.3) is 0 Å². The third-order valence-corrected chi connectivity index (χ3v) is 7.15. The third kappa shape index (κ3) is 6.46. The van der Waals surface area contributed by atoms with Crippen molar-refractivity contribution >= 4 is 12.0 Å². The van der Waals surface area contributed by atoms with Gasteiger partial charge in [-0.25, -0.2) is 4.79 Å². The molecule has 1 aromatic carbocycles. The van der Waals surface area contributed by atoms with E-state index in [1.54, 1.807) is 29.2 Å². The molecule has 1 aliphatic carbocycles. The quantitative estimate of drug-likeness (QED) is 0.649. The second-order valence-electron chi connectivity index (χ2n) is 10.9. The first-order valence-corrected chi connectivity index (χ1v) is 12.9. The highest BCUT2D eigenvalue weighted by Gasteiger charge is 2.44. The highest BCUT2D eigenvalue weighted by Crippen LogP contribution is 2.28. The molecule has 2 amide bonds. The molecule has 3 fully saturated rings. The smallest absolute Gasteiger partial charge is 0.411 e. The summed E-state index contributed by atoms with van der Waals surface area (Å²) in [5.41, 5.74) is -0.0961. The number of nitrogens with zero attached hydrogens (tertiary/aromatic N) is 4. The summed E-state index contributed by atoms with van der Waals surface area (Å²) in [6.45, 7) is 9.09. The SMILES string of the molecule is CC(C)(C)OC(=O)N1CC(Oc2ccc(C#N)cc2)CC1C(=O)N1CCCN(C2CCCC2)CC1. The molecule has 0 aromatic heterocycles. The lowest BCUT2D eigenvalue weighted by Crippen LogP contribution is -2.50. The maximum absolute atomic E-state index is 13.7. The Morgan fingerprint density at radius 2 is 1.71 bits per heavy atom. The van der Waals surface area contributed by atoms with Crippen molar-refractivity contribution in [2.75, 3.05) is 32.7 Å². The van der Waals surface area contributed by atoms with Crippen LogP contribution in [0.4, 0.5) is 4.79 Å². The Morgan fingerprint density at radius 3 is 2.37 bits per heavy atom. The second kappa shape index (κ2) is 10.9. The molecule has 2 aliphatic heterocycles. The molecule has 1 aromatic rings. The lowest BCUT2D eigenvalue weighted by molar-refractivity contribution is -0.135. The summed E-state index contributed by atoms with van der Waals surface area (Å²) in [4.78, 5) is 32.8. The Bertz CT molecular complexity index is 930. The summed E-state index contributed by atoms with van der Waals surface area (Å²) in [5, 5.41) is 9.02. The number of carbonyl (C=O) groups is 2. The number of likely N-dealkylation sites (tertiary alicyclic amines) is 1. The molecule has 8 heteroatoms. The summed E-state index contributed by atoms with van der Waals surface area (Å²) in [7, 11) is 0. The van der Waals surface area contributed by atoms with Crippen LogP contribution in [0.1, 0.15) is 64.9 Å². The number of carbonyl (C=O) groups excluding carboxylic acids is 2. The number of rotatable bonds is 4. The van der Waals surface area contributed by atoms with E-state index in [9.17, 15) is 9.59 Å². The van der Waals surface area contributed by atoms with Crippen LogP contribution in [0.15, 0.2) is 24.3 Å². The fraction of sp³-hybridized carbons (Fsp3) is 0.667. The van der Waals surface area contributed by atoms with Crippen molar-refractivity contribution in [3.05, 3.63) is 29.8 Å². The van der Waals surface area contributed by atoms with Crippen LogP contribution in [0.5, 0.6) is 5.75 Å². The van der Waals surface area contributed by atoms with Crippen molar-refractivity contribution in [2.45, 2.75) is 83.1 Å². The molecule has 0 N–H and O–H groups in total. The van der Waals surface area contributed by atoms with Gasteiger partial charge < -0.3 is 14.4 Å². The van der Waals surface area contributed by atoms with Gasteiger partial charge >= 0.3 is 6.09 Å². The number of nitriles is 1. The minimum absolute atomic E-state index is 0.0185. The van der Waals surface area contributed by atoms with Crippen molar-refractivity contribution < 1.29 is 19.1 Å². The van der Waals surface area contributed by atoms with Gasteiger partial charge in [0.05, 0.1) is 18.2 Å². The fourth-order valence-corrected chi connectivity index (χ4v) is 5.44. The van der Waals surface area contributed by atoms with Crippen LogP contribution in [0, 0.1) is 11.3 Å². The number of benzene rings is 1. The fourth-order valence-electron chi connectivity index (χ4n) is 5.44. The zero-order valence-electron chi connectivity index (χ0n) is 21.2. The van der Waals surface area contributed by atoms with Gasteiger partial charge in [-0.3, -0.25) is 14.6 Å². The van der Waals surface area contributed by atoms with Crippen LogP contribution in [0.3, 0.4) is 0 Å². The molecule has 2 heterocycles. The van der Waals surface area contributed by atoms with E-state index in [0.717, 1.165) is 19.5 Å². The number of hydrogen-bond acceptors (Lipinski definition) is 6. The van der Waals surface area contributed by atoms with E-state index in [0.29, 0.717) is 36.9 Å². The van der Waals surface area contributed by atoms with E-state index in [1.165, 1.54) is 25.7 Å². The predicted molar refractivity (Wildman–Crippen MR) is 132 cm³/mol. The second-order valence-corrected chi connectivity index (χ2v) is 10.9. The van der Waals surface area contributed by atoms with E-state index < -0.39 is 17.7 Å². The normalized spacial score (nSPS) is 24.2. The Kier molecular flexibility index (Phi) is 7.85. The summed E-state index contributed by atoms with van der Waals surface area (Å²) in [6, 6.07) is 9.04. The summed E-state index contributed by atoms with van der Waals surface area (Å²) in [6.07, 6.45) is 5.69. The van der Waals surface area contributed by atoms with Crippen molar-refractivity contribution in [3.8, 4) is 11.8 Å². The molecule has 2 atom stereocenters. The molecule has 4 rings (SSSR count). The number of amides is 2. The molecule has 0 radical (unpaired) electrons. The monoisotopic (exact) mass is 482 g/mol. The maximum Gasteiger partial charge on any atom is 0.411 e. The van der Waals surface area contributed by atoms with Crippen LogP contribution in [-0.2, 0) is 9.53 Å². The van der Waals surface area contributed by atoms with E-state index in [-0.39, 0.29) is 18.6 Å². The highest BCUT2D eigenvalue weighted by molar-refractivity contribution is 5.86. The van der Waals surface area contributed by atoms with Gasteiger partial charge in [0.2, 0.25) is 5.91 Å².